The van der Waals surface area contributed by atoms with Crippen molar-refractivity contribution in [3.05, 3.63) is 47.2 Å². The molecule has 3 N–H and O–H groups in total. The molecule has 5 nitrogen and oxygen atoms in total. The van der Waals surface area contributed by atoms with Crippen LogP contribution in [0.3, 0.4) is 0 Å². The number of amides is 1. The molecule has 0 aliphatic carbocycles. The van der Waals surface area contributed by atoms with Gasteiger partial charge in [0, 0.05) is 11.9 Å². The zero-order valence-electron chi connectivity index (χ0n) is 11.6. The fourth-order valence-electron chi connectivity index (χ4n) is 1.70. The van der Waals surface area contributed by atoms with E-state index in [0.717, 1.165) is 5.56 Å². The molecule has 21 heavy (non-hydrogen) atoms. The number of benzene rings is 1. The molecule has 1 aromatic carbocycles. The van der Waals surface area contributed by atoms with Gasteiger partial charge in [-0.15, -0.1) is 0 Å². The van der Waals surface area contributed by atoms with Gasteiger partial charge in [-0.05, 0) is 42.8 Å². The number of hydrogen-bond acceptors (Lipinski definition) is 4. The number of rotatable bonds is 5. The first kappa shape index (κ1) is 15.1. The van der Waals surface area contributed by atoms with Gasteiger partial charge < -0.3 is 15.8 Å². The Morgan fingerprint density at radius 1 is 1.33 bits per heavy atom. The summed E-state index contributed by atoms with van der Waals surface area (Å²) in [7, 11) is 0. The largest absolute Gasteiger partial charge is 0.493 e. The maximum atomic E-state index is 11.9. The van der Waals surface area contributed by atoms with E-state index in [2.05, 4.69) is 10.3 Å². The Kier molecular flexibility index (Phi) is 5.00. The van der Waals surface area contributed by atoms with E-state index in [1.165, 1.54) is 0 Å². The van der Waals surface area contributed by atoms with Crippen molar-refractivity contribution in [3.8, 4) is 5.75 Å². The van der Waals surface area contributed by atoms with Crippen LogP contribution in [-0.2, 0) is 4.79 Å². The van der Waals surface area contributed by atoms with Crippen LogP contribution in [0.15, 0.2) is 36.5 Å². The lowest BCUT2D eigenvalue weighted by atomic mass is 10.2. The van der Waals surface area contributed by atoms with Crippen molar-refractivity contribution in [3.63, 3.8) is 0 Å². The third kappa shape index (κ3) is 4.36. The van der Waals surface area contributed by atoms with Crippen molar-refractivity contribution in [2.45, 2.75) is 13.3 Å². The molecule has 0 saturated heterocycles. The molecule has 0 saturated carbocycles. The van der Waals surface area contributed by atoms with Crippen LogP contribution in [0.1, 0.15) is 12.0 Å². The summed E-state index contributed by atoms with van der Waals surface area (Å²) >= 11 is 5.95. The molecule has 1 amide bonds. The number of nitrogens with two attached hydrogens (primary N) is 1. The molecule has 6 heteroatoms. The summed E-state index contributed by atoms with van der Waals surface area (Å²) in [6.07, 6.45) is 1.81. The molecule has 0 unspecified atom stereocenters. The smallest absolute Gasteiger partial charge is 0.227 e. The van der Waals surface area contributed by atoms with E-state index >= 15 is 0 Å². The molecule has 0 atom stereocenters. The maximum Gasteiger partial charge on any atom is 0.227 e. The van der Waals surface area contributed by atoms with Gasteiger partial charge in [0.05, 0.1) is 18.7 Å². The van der Waals surface area contributed by atoms with Gasteiger partial charge in [-0.1, -0.05) is 11.6 Å². The number of ether oxygens (including phenoxy) is 1. The van der Waals surface area contributed by atoms with Gasteiger partial charge in [-0.25, -0.2) is 4.98 Å². The first-order valence-electron chi connectivity index (χ1n) is 6.45. The molecule has 0 aliphatic heterocycles. The Bertz CT molecular complexity index is 609. The quantitative estimate of drug-likeness (QED) is 0.657. The van der Waals surface area contributed by atoms with Gasteiger partial charge in [0.2, 0.25) is 5.91 Å². The second kappa shape index (κ2) is 6.95. The molecule has 1 aromatic heterocycles. The molecule has 2 aromatic rings. The highest BCUT2D eigenvalue weighted by atomic mass is 35.5. The number of aryl methyl sites for hydroxylation is 1. The summed E-state index contributed by atoms with van der Waals surface area (Å²) in [5, 5.41) is 3.02. The number of nitrogens with one attached hydrogen (secondary N) is 1. The van der Waals surface area contributed by atoms with Crippen LogP contribution in [0.4, 0.5) is 11.4 Å². The summed E-state index contributed by atoms with van der Waals surface area (Å²) < 4.78 is 5.46. The first-order chi connectivity index (χ1) is 10.1. The lowest BCUT2D eigenvalue weighted by molar-refractivity contribution is -0.116. The fraction of sp³-hybridized carbons (Fsp3) is 0.200. The zero-order chi connectivity index (χ0) is 15.2. The number of pyridine rings is 1. The molecule has 0 radical (unpaired) electrons. The predicted octanol–water partition coefficient (Wildman–Crippen LogP) is 3.03. The fourth-order valence-corrected chi connectivity index (χ4v) is 1.96. The van der Waals surface area contributed by atoms with Crippen LogP contribution in [0.5, 0.6) is 5.75 Å². The molecular weight excluding hydrogens is 290 g/mol. The topological polar surface area (TPSA) is 77.2 Å². The SMILES string of the molecule is Cc1ccnc(Cl)c1NC(=O)CCOc1ccc(N)cc1. The minimum atomic E-state index is -0.177. The van der Waals surface area contributed by atoms with Crippen molar-refractivity contribution >= 4 is 28.9 Å². The summed E-state index contributed by atoms with van der Waals surface area (Å²) in [5.74, 6) is 0.496. The lowest BCUT2D eigenvalue weighted by Crippen LogP contribution is -2.16. The Balaban J connectivity index is 1.84. The van der Waals surface area contributed by atoms with Crippen LogP contribution in [0.25, 0.3) is 0 Å². The van der Waals surface area contributed by atoms with Crippen molar-refractivity contribution in [1.29, 1.82) is 0 Å². The van der Waals surface area contributed by atoms with Gasteiger partial charge in [-0.2, -0.15) is 0 Å². The molecule has 0 fully saturated rings. The van der Waals surface area contributed by atoms with E-state index in [1.54, 1.807) is 36.5 Å². The second-order valence-corrected chi connectivity index (χ2v) is 4.87. The number of carbonyl (C=O) groups is 1. The monoisotopic (exact) mass is 305 g/mol. The standard InChI is InChI=1S/C15H16ClN3O2/c1-10-6-8-18-15(16)14(10)19-13(20)7-9-21-12-4-2-11(17)3-5-12/h2-6,8H,7,9,17H2,1H3,(H,19,20). The third-order valence-electron chi connectivity index (χ3n) is 2.86. The summed E-state index contributed by atoms with van der Waals surface area (Å²) in [5.41, 5.74) is 7.65. The Morgan fingerprint density at radius 2 is 2.05 bits per heavy atom. The number of aromatic nitrogens is 1. The van der Waals surface area contributed by atoms with E-state index in [1.807, 2.05) is 6.92 Å². The van der Waals surface area contributed by atoms with Gasteiger partial charge in [0.15, 0.2) is 5.15 Å². The van der Waals surface area contributed by atoms with Gasteiger partial charge >= 0.3 is 0 Å². The molecule has 110 valence electrons. The zero-order valence-corrected chi connectivity index (χ0v) is 12.4. The van der Waals surface area contributed by atoms with Gasteiger partial charge in [0.1, 0.15) is 5.75 Å². The van der Waals surface area contributed by atoms with Crippen LogP contribution < -0.4 is 15.8 Å². The molecule has 0 spiro atoms. The van der Waals surface area contributed by atoms with Crippen molar-refractivity contribution in [1.82, 2.24) is 4.98 Å². The van der Waals surface area contributed by atoms with E-state index in [0.29, 0.717) is 17.1 Å². The highest BCUT2D eigenvalue weighted by Crippen LogP contribution is 2.22. The van der Waals surface area contributed by atoms with E-state index in [4.69, 9.17) is 22.1 Å². The van der Waals surface area contributed by atoms with Crippen LogP contribution in [-0.4, -0.2) is 17.5 Å². The number of carbonyl (C=O) groups excluding carboxylic acids is 1. The Morgan fingerprint density at radius 3 is 2.71 bits per heavy atom. The molecular formula is C15H16ClN3O2. The molecule has 0 aliphatic rings. The predicted molar refractivity (Wildman–Crippen MR) is 83.6 cm³/mol. The molecule has 0 bridgehead atoms. The second-order valence-electron chi connectivity index (χ2n) is 4.51. The van der Waals surface area contributed by atoms with Gasteiger partial charge in [0.25, 0.3) is 0 Å². The van der Waals surface area contributed by atoms with Crippen molar-refractivity contribution in [2.75, 3.05) is 17.7 Å². The Hall–Kier alpha value is -2.27. The number of nitrogen functional groups attached to an aromatic ring is 1. The lowest BCUT2D eigenvalue weighted by Gasteiger charge is -2.10. The average molecular weight is 306 g/mol. The van der Waals surface area contributed by atoms with Crippen LogP contribution >= 0.6 is 11.6 Å². The number of anilines is 2. The maximum absolute atomic E-state index is 11.9. The third-order valence-corrected chi connectivity index (χ3v) is 3.14. The van der Waals surface area contributed by atoms with E-state index in [9.17, 15) is 4.79 Å². The molecule has 1 heterocycles. The highest BCUT2D eigenvalue weighted by Gasteiger charge is 2.09. The minimum Gasteiger partial charge on any atom is -0.493 e. The van der Waals surface area contributed by atoms with E-state index < -0.39 is 0 Å². The van der Waals surface area contributed by atoms with Crippen molar-refractivity contribution < 1.29 is 9.53 Å². The summed E-state index contributed by atoms with van der Waals surface area (Å²) in [4.78, 5) is 15.8. The first-order valence-corrected chi connectivity index (χ1v) is 6.83. The summed E-state index contributed by atoms with van der Waals surface area (Å²) in [6, 6.07) is 8.79. The Labute approximate surface area is 128 Å². The van der Waals surface area contributed by atoms with Crippen LogP contribution in [0.2, 0.25) is 5.15 Å². The summed E-state index contributed by atoms with van der Waals surface area (Å²) in [6.45, 7) is 2.13. The number of nitrogens with zero attached hydrogens (tertiary/aromatic N) is 1. The molecule has 2 rings (SSSR count). The number of halogens is 1. The van der Waals surface area contributed by atoms with E-state index in [-0.39, 0.29) is 24.1 Å². The van der Waals surface area contributed by atoms with Gasteiger partial charge in [-0.3, -0.25) is 4.79 Å². The highest BCUT2D eigenvalue weighted by molar-refractivity contribution is 6.32. The van der Waals surface area contributed by atoms with Crippen LogP contribution in [0, 0.1) is 6.92 Å². The number of hydrogen-bond donors (Lipinski definition) is 2. The minimum absolute atomic E-state index is 0.177. The van der Waals surface area contributed by atoms with Crippen molar-refractivity contribution in [2.24, 2.45) is 0 Å². The normalized spacial score (nSPS) is 10.2. The average Bonchev–Trinajstić information content (AvgIpc) is 2.45.